The average Bonchev–Trinajstić information content (AvgIpc) is 2.51. The molecule has 0 saturated heterocycles. The quantitative estimate of drug-likeness (QED) is 0.887. The smallest absolute Gasteiger partial charge is 0.228 e. The summed E-state index contributed by atoms with van der Waals surface area (Å²) in [4.78, 5) is 24.0. The first kappa shape index (κ1) is 17.7. The standard InChI is InChI=1S/C20H23NO3/c1-13-9-14(2)11-16(10-13)12-18(15(3)20(23)24)19(22)21-17-7-5-4-6-8-17/h4-11,15,18H,12H2,1-3H3,(H,21,22)(H,23,24)/p-1/t15-,18-/m0/s1. The van der Waals surface area contributed by atoms with E-state index in [1.807, 2.05) is 50.2 Å². The van der Waals surface area contributed by atoms with Gasteiger partial charge in [0.15, 0.2) is 0 Å². The molecule has 0 heterocycles. The van der Waals surface area contributed by atoms with E-state index in [2.05, 4.69) is 5.32 Å². The van der Waals surface area contributed by atoms with Crippen LogP contribution in [-0.4, -0.2) is 11.9 Å². The van der Waals surface area contributed by atoms with Gasteiger partial charge in [-0.1, -0.05) is 54.4 Å². The van der Waals surface area contributed by atoms with Crippen LogP contribution in [-0.2, 0) is 16.0 Å². The Morgan fingerprint density at radius 2 is 1.62 bits per heavy atom. The van der Waals surface area contributed by atoms with Crippen LogP contribution in [0.15, 0.2) is 48.5 Å². The third kappa shape index (κ3) is 4.69. The molecule has 126 valence electrons. The lowest BCUT2D eigenvalue weighted by Crippen LogP contribution is -2.40. The van der Waals surface area contributed by atoms with Gasteiger partial charge in [-0.3, -0.25) is 4.79 Å². The summed E-state index contributed by atoms with van der Waals surface area (Å²) in [6.07, 6.45) is 0.357. The largest absolute Gasteiger partial charge is 0.550 e. The van der Waals surface area contributed by atoms with Gasteiger partial charge >= 0.3 is 0 Å². The number of carboxylic acid groups (broad SMARTS) is 1. The number of hydrogen-bond donors (Lipinski definition) is 1. The van der Waals surface area contributed by atoms with Gasteiger partial charge in [0.25, 0.3) is 0 Å². The number of benzene rings is 2. The Morgan fingerprint density at radius 1 is 1.04 bits per heavy atom. The molecule has 2 aromatic carbocycles. The van der Waals surface area contributed by atoms with Gasteiger partial charge in [0.2, 0.25) is 5.91 Å². The van der Waals surface area contributed by atoms with Crippen LogP contribution in [0.3, 0.4) is 0 Å². The van der Waals surface area contributed by atoms with E-state index in [-0.39, 0.29) is 5.91 Å². The number of para-hydroxylation sites is 1. The van der Waals surface area contributed by atoms with Crippen molar-refractivity contribution in [3.05, 3.63) is 65.2 Å². The van der Waals surface area contributed by atoms with Crippen molar-refractivity contribution < 1.29 is 14.7 Å². The SMILES string of the molecule is Cc1cc(C)cc(C[C@H](C(=O)Nc2ccccc2)[C@H](C)C(=O)[O-])c1. The van der Waals surface area contributed by atoms with Crippen LogP contribution in [0.25, 0.3) is 0 Å². The van der Waals surface area contributed by atoms with E-state index in [0.29, 0.717) is 12.1 Å². The Labute approximate surface area is 142 Å². The minimum absolute atomic E-state index is 0.308. The first-order valence-corrected chi connectivity index (χ1v) is 8.00. The summed E-state index contributed by atoms with van der Waals surface area (Å²) < 4.78 is 0. The molecule has 0 radical (unpaired) electrons. The number of carboxylic acids is 1. The molecule has 0 aliphatic rings. The van der Waals surface area contributed by atoms with E-state index >= 15 is 0 Å². The first-order valence-electron chi connectivity index (χ1n) is 8.00. The third-order valence-corrected chi connectivity index (χ3v) is 4.09. The normalized spacial score (nSPS) is 13.1. The number of carbonyl (C=O) groups is 2. The molecule has 2 atom stereocenters. The fraction of sp³-hybridized carbons (Fsp3) is 0.300. The molecule has 0 saturated carbocycles. The molecule has 0 aliphatic carbocycles. The highest BCUT2D eigenvalue weighted by molar-refractivity contribution is 5.95. The fourth-order valence-electron chi connectivity index (χ4n) is 2.86. The van der Waals surface area contributed by atoms with Crippen LogP contribution in [0.5, 0.6) is 0 Å². The monoisotopic (exact) mass is 324 g/mol. The molecule has 0 unspecified atom stereocenters. The summed E-state index contributed by atoms with van der Waals surface area (Å²) in [6, 6.07) is 15.0. The van der Waals surface area contributed by atoms with E-state index in [9.17, 15) is 14.7 Å². The van der Waals surface area contributed by atoms with Crippen LogP contribution in [0.2, 0.25) is 0 Å². The van der Waals surface area contributed by atoms with Gasteiger partial charge < -0.3 is 15.2 Å². The third-order valence-electron chi connectivity index (χ3n) is 4.09. The number of anilines is 1. The molecule has 0 bridgehead atoms. The van der Waals surface area contributed by atoms with Crippen molar-refractivity contribution in [2.45, 2.75) is 27.2 Å². The second-order valence-corrected chi connectivity index (χ2v) is 6.27. The molecule has 24 heavy (non-hydrogen) atoms. The maximum Gasteiger partial charge on any atom is 0.228 e. The van der Waals surface area contributed by atoms with Gasteiger partial charge in [-0.05, 0) is 38.0 Å². The number of carbonyl (C=O) groups excluding carboxylic acids is 2. The zero-order valence-corrected chi connectivity index (χ0v) is 14.2. The van der Waals surface area contributed by atoms with Crippen LogP contribution in [0, 0.1) is 25.7 Å². The van der Waals surface area contributed by atoms with E-state index < -0.39 is 17.8 Å². The number of rotatable bonds is 6. The number of hydrogen-bond acceptors (Lipinski definition) is 3. The Kier molecular flexibility index (Phi) is 5.74. The minimum Gasteiger partial charge on any atom is -0.550 e. The molecular weight excluding hydrogens is 302 g/mol. The van der Waals surface area contributed by atoms with Gasteiger partial charge in [0, 0.05) is 17.6 Å². The summed E-state index contributed by atoms with van der Waals surface area (Å²) in [5, 5.41) is 14.1. The summed E-state index contributed by atoms with van der Waals surface area (Å²) in [5.74, 6) is -3.10. The summed E-state index contributed by atoms with van der Waals surface area (Å²) in [7, 11) is 0. The lowest BCUT2D eigenvalue weighted by molar-refractivity contribution is -0.312. The first-order chi connectivity index (χ1) is 11.4. The summed E-state index contributed by atoms with van der Waals surface area (Å²) in [6.45, 7) is 5.49. The van der Waals surface area contributed by atoms with E-state index in [4.69, 9.17) is 0 Å². The Hall–Kier alpha value is -2.62. The van der Waals surface area contributed by atoms with Gasteiger partial charge in [-0.25, -0.2) is 0 Å². The fourth-order valence-corrected chi connectivity index (χ4v) is 2.86. The van der Waals surface area contributed by atoms with Crippen LogP contribution in [0.1, 0.15) is 23.6 Å². The minimum atomic E-state index is -1.22. The molecule has 0 fully saturated rings. The number of aryl methyl sites for hydroxylation is 2. The van der Waals surface area contributed by atoms with Crippen LogP contribution >= 0.6 is 0 Å². The molecule has 2 aromatic rings. The van der Waals surface area contributed by atoms with E-state index in [1.54, 1.807) is 12.1 Å². The van der Waals surface area contributed by atoms with Crippen molar-refractivity contribution >= 4 is 17.6 Å². The summed E-state index contributed by atoms with van der Waals surface area (Å²) in [5.41, 5.74) is 3.79. The molecular formula is C20H22NO3-. The Bertz CT molecular complexity index is 705. The highest BCUT2D eigenvalue weighted by atomic mass is 16.4. The number of aliphatic carboxylic acids is 1. The number of amides is 1. The molecule has 0 aliphatic heterocycles. The lowest BCUT2D eigenvalue weighted by Gasteiger charge is -2.24. The van der Waals surface area contributed by atoms with Crippen LogP contribution in [0.4, 0.5) is 5.69 Å². The molecule has 2 rings (SSSR count). The second-order valence-electron chi connectivity index (χ2n) is 6.27. The topological polar surface area (TPSA) is 69.2 Å². The molecule has 1 N–H and O–H groups in total. The Morgan fingerprint density at radius 3 is 2.17 bits per heavy atom. The molecule has 1 amide bonds. The summed E-state index contributed by atoms with van der Waals surface area (Å²) >= 11 is 0. The zero-order chi connectivity index (χ0) is 17.7. The predicted molar refractivity (Wildman–Crippen MR) is 92.4 cm³/mol. The van der Waals surface area contributed by atoms with Gasteiger partial charge in [-0.15, -0.1) is 0 Å². The van der Waals surface area contributed by atoms with Crippen LogP contribution < -0.4 is 10.4 Å². The second kappa shape index (κ2) is 7.77. The van der Waals surface area contributed by atoms with E-state index in [1.165, 1.54) is 6.92 Å². The molecule has 4 heteroatoms. The van der Waals surface area contributed by atoms with Crippen molar-refractivity contribution in [1.29, 1.82) is 0 Å². The average molecular weight is 324 g/mol. The van der Waals surface area contributed by atoms with Crippen molar-refractivity contribution in [1.82, 2.24) is 0 Å². The molecule has 4 nitrogen and oxygen atoms in total. The van der Waals surface area contributed by atoms with Crippen molar-refractivity contribution in [2.75, 3.05) is 5.32 Å². The van der Waals surface area contributed by atoms with Crippen molar-refractivity contribution in [3.8, 4) is 0 Å². The van der Waals surface area contributed by atoms with Gasteiger partial charge in [-0.2, -0.15) is 0 Å². The van der Waals surface area contributed by atoms with E-state index in [0.717, 1.165) is 16.7 Å². The molecule has 0 spiro atoms. The van der Waals surface area contributed by atoms with Gasteiger partial charge in [0.05, 0.1) is 5.92 Å². The van der Waals surface area contributed by atoms with Gasteiger partial charge in [0.1, 0.15) is 0 Å². The lowest BCUT2D eigenvalue weighted by atomic mass is 9.86. The maximum atomic E-state index is 12.6. The predicted octanol–water partition coefficient (Wildman–Crippen LogP) is 2.49. The highest BCUT2D eigenvalue weighted by Crippen LogP contribution is 2.21. The number of nitrogens with one attached hydrogen (secondary N) is 1. The molecule has 0 aromatic heterocycles. The Balaban J connectivity index is 2.24. The maximum absolute atomic E-state index is 12.6. The highest BCUT2D eigenvalue weighted by Gasteiger charge is 2.26. The van der Waals surface area contributed by atoms with Crippen molar-refractivity contribution in [2.24, 2.45) is 11.8 Å². The zero-order valence-electron chi connectivity index (χ0n) is 14.2. The van der Waals surface area contributed by atoms with Crippen molar-refractivity contribution in [3.63, 3.8) is 0 Å².